The van der Waals surface area contributed by atoms with Crippen LogP contribution in [0.2, 0.25) is 0 Å². The molecule has 0 spiro atoms. The molecule has 1 aliphatic carbocycles. The zero-order chi connectivity index (χ0) is 20.1. The van der Waals surface area contributed by atoms with Gasteiger partial charge < -0.3 is 20.1 Å². The Morgan fingerprint density at radius 2 is 2.04 bits per heavy atom. The molecule has 4 atom stereocenters. The topological polar surface area (TPSA) is 104 Å². The van der Waals surface area contributed by atoms with Crippen molar-refractivity contribution in [3.8, 4) is 0 Å². The molecule has 0 heterocycles. The van der Waals surface area contributed by atoms with E-state index >= 15 is 0 Å². The van der Waals surface area contributed by atoms with Crippen molar-refractivity contribution in [2.24, 2.45) is 11.8 Å². The lowest BCUT2D eigenvalue weighted by molar-refractivity contribution is -0.140. The summed E-state index contributed by atoms with van der Waals surface area (Å²) >= 11 is 0. The molecule has 0 radical (unpaired) electrons. The summed E-state index contributed by atoms with van der Waals surface area (Å²) in [4.78, 5) is 23.2. The van der Waals surface area contributed by atoms with E-state index in [1.54, 1.807) is 12.2 Å². The summed E-state index contributed by atoms with van der Waals surface area (Å²) in [5, 5.41) is 28.9. The number of allylic oxidation sites excluding steroid dienone is 2. The van der Waals surface area contributed by atoms with Gasteiger partial charge >= 0.3 is 5.97 Å². The van der Waals surface area contributed by atoms with Crippen LogP contribution in [0, 0.1) is 11.8 Å². The number of esters is 1. The van der Waals surface area contributed by atoms with Crippen molar-refractivity contribution in [3.05, 3.63) is 24.3 Å². The second-order valence-electron chi connectivity index (χ2n) is 7.12. The monoisotopic (exact) mass is 382 g/mol. The molecule has 3 N–H and O–H groups in total. The number of aliphatic hydroxyl groups is 3. The molecular formula is C21H34O6. The predicted octanol–water partition coefficient (Wildman–Crippen LogP) is 2.31. The number of hydrogen-bond acceptors (Lipinski definition) is 6. The van der Waals surface area contributed by atoms with Gasteiger partial charge in [0, 0.05) is 31.3 Å². The standard InChI is InChI=1S/C21H34O6/c1-27-21(26)11-7-3-2-6-10-17-18(20(25)15-19(17)24)13-12-16(23)9-5-4-8-14-22/h2,6,12-13,16-18,20,22-23,25H,3-5,7-11,14-15H2,1H3/t16-,17+,18+,20+/m0/s1. The van der Waals surface area contributed by atoms with E-state index in [0.29, 0.717) is 25.7 Å². The molecule has 1 fully saturated rings. The molecule has 1 saturated carbocycles. The number of methoxy groups -OCH3 is 1. The molecule has 0 unspecified atom stereocenters. The maximum Gasteiger partial charge on any atom is 0.305 e. The van der Waals surface area contributed by atoms with E-state index in [9.17, 15) is 19.8 Å². The molecule has 0 aromatic carbocycles. The third-order valence-corrected chi connectivity index (χ3v) is 4.98. The van der Waals surface area contributed by atoms with Crippen molar-refractivity contribution in [3.63, 3.8) is 0 Å². The number of ether oxygens (including phenoxy) is 1. The zero-order valence-corrected chi connectivity index (χ0v) is 16.3. The van der Waals surface area contributed by atoms with Crippen LogP contribution in [-0.2, 0) is 14.3 Å². The molecule has 0 aliphatic heterocycles. The third kappa shape index (κ3) is 9.31. The summed E-state index contributed by atoms with van der Waals surface area (Å²) in [7, 11) is 1.37. The molecule has 27 heavy (non-hydrogen) atoms. The average Bonchev–Trinajstić information content (AvgIpc) is 2.92. The Balaban J connectivity index is 2.43. The molecule has 0 aromatic heterocycles. The fourth-order valence-electron chi connectivity index (χ4n) is 3.35. The highest BCUT2D eigenvalue weighted by Crippen LogP contribution is 2.33. The van der Waals surface area contributed by atoms with E-state index in [4.69, 9.17) is 5.11 Å². The third-order valence-electron chi connectivity index (χ3n) is 4.98. The van der Waals surface area contributed by atoms with Crippen molar-refractivity contribution < 1.29 is 29.6 Å². The summed E-state index contributed by atoms with van der Waals surface area (Å²) in [6.07, 6.45) is 11.6. The van der Waals surface area contributed by atoms with Crippen molar-refractivity contribution in [2.75, 3.05) is 13.7 Å². The summed E-state index contributed by atoms with van der Waals surface area (Å²) in [6, 6.07) is 0. The quantitative estimate of drug-likeness (QED) is 0.257. The molecule has 0 bridgehead atoms. The van der Waals surface area contributed by atoms with Gasteiger partial charge in [-0.05, 0) is 32.1 Å². The molecule has 1 aliphatic rings. The fourth-order valence-corrected chi connectivity index (χ4v) is 3.35. The smallest absolute Gasteiger partial charge is 0.305 e. The van der Waals surface area contributed by atoms with E-state index in [-0.39, 0.29) is 36.6 Å². The molecule has 6 nitrogen and oxygen atoms in total. The van der Waals surface area contributed by atoms with E-state index in [1.165, 1.54) is 7.11 Å². The number of unbranched alkanes of at least 4 members (excludes halogenated alkanes) is 3. The van der Waals surface area contributed by atoms with Crippen LogP contribution in [0.15, 0.2) is 24.3 Å². The number of rotatable bonds is 13. The van der Waals surface area contributed by atoms with Gasteiger partial charge in [0.1, 0.15) is 5.78 Å². The predicted molar refractivity (Wildman–Crippen MR) is 103 cm³/mol. The Morgan fingerprint density at radius 3 is 2.74 bits per heavy atom. The minimum absolute atomic E-state index is 0.0498. The maximum absolute atomic E-state index is 12.2. The number of Topliss-reactive ketones (excluding diaryl/α,β-unsaturated/α-hetero) is 1. The molecule has 0 amide bonds. The Bertz CT molecular complexity index is 499. The minimum Gasteiger partial charge on any atom is -0.469 e. The Kier molecular flexibility index (Phi) is 11.9. The summed E-state index contributed by atoms with van der Waals surface area (Å²) in [5.41, 5.74) is 0. The summed E-state index contributed by atoms with van der Waals surface area (Å²) < 4.78 is 4.59. The van der Waals surface area contributed by atoms with Crippen LogP contribution >= 0.6 is 0 Å². The lowest BCUT2D eigenvalue weighted by Crippen LogP contribution is -2.18. The van der Waals surface area contributed by atoms with Gasteiger partial charge in [-0.2, -0.15) is 0 Å². The molecule has 154 valence electrons. The van der Waals surface area contributed by atoms with E-state index < -0.39 is 12.2 Å². The van der Waals surface area contributed by atoms with Crippen molar-refractivity contribution in [1.82, 2.24) is 0 Å². The van der Waals surface area contributed by atoms with E-state index in [2.05, 4.69) is 4.74 Å². The van der Waals surface area contributed by atoms with Crippen LogP contribution < -0.4 is 0 Å². The second kappa shape index (κ2) is 13.6. The van der Waals surface area contributed by atoms with Gasteiger partial charge in [0.25, 0.3) is 0 Å². The first kappa shape index (κ1) is 23.5. The van der Waals surface area contributed by atoms with Gasteiger partial charge in [0.05, 0.1) is 19.3 Å². The van der Waals surface area contributed by atoms with Gasteiger partial charge in [-0.25, -0.2) is 0 Å². The normalized spacial score (nSPS) is 24.1. The number of carbonyl (C=O) groups is 2. The Hall–Kier alpha value is -1.50. The van der Waals surface area contributed by atoms with Crippen LogP contribution in [-0.4, -0.2) is 53.0 Å². The minimum atomic E-state index is -0.701. The lowest BCUT2D eigenvalue weighted by Gasteiger charge is -2.16. The van der Waals surface area contributed by atoms with Crippen LogP contribution in [0.3, 0.4) is 0 Å². The molecule has 0 aromatic rings. The van der Waals surface area contributed by atoms with Crippen molar-refractivity contribution in [1.29, 1.82) is 0 Å². The lowest BCUT2D eigenvalue weighted by atomic mass is 9.90. The highest BCUT2D eigenvalue weighted by molar-refractivity contribution is 5.84. The second-order valence-corrected chi connectivity index (χ2v) is 7.12. The Labute approximate surface area is 161 Å². The van der Waals surface area contributed by atoms with E-state index in [0.717, 1.165) is 25.7 Å². The number of aliphatic hydroxyl groups excluding tert-OH is 3. The molecule has 6 heteroatoms. The van der Waals surface area contributed by atoms with Gasteiger partial charge in [-0.15, -0.1) is 0 Å². The van der Waals surface area contributed by atoms with Crippen molar-refractivity contribution in [2.45, 2.75) is 70.0 Å². The highest BCUT2D eigenvalue weighted by Gasteiger charge is 2.39. The first-order chi connectivity index (χ1) is 13.0. The van der Waals surface area contributed by atoms with E-state index in [1.807, 2.05) is 12.2 Å². The van der Waals surface area contributed by atoms with Gasteiger partial charge in [0.15, 0.2) is 0 Å². The summed E-state index contributed by atoms with van der Waals surface area (Å²) in [6.45, 7) is 0.167. The average molecular weight is 382 g/mol. The molecule has 0 saturated heterocycles. The number of carbonyl (C=O) groups excluding carboxylic acids is 2. The van der Waals surface area contributed by atoms with Crippen LogP contribution in [0.1, 0.15) is 57.8 Å². The van der Waals surface area contributed by atoms with Crippen LogP contribution in [0.25, 0.3) is 0 Å². The van der Waals surface area contributed by atoms with Crippen LogP contribution in [0.5, 0.6) is 0 Å². The maximum atomic E-state index is 12.2. The van der Waals surface area contributed by atoms with Gasteiger partial charge in [0.2, 0.25) is 0 Å². The summed E-state index contributed by atoms with van der Waals surface area (Å²) in [5.74, 6) is -0.717. The molecular weight excluding hydrogens is 348 g/mol. The largest absolute Gasteiger partial charge is 0.469 e. The van der Waals surface area contributed by atoms with Crippen molar-refractivity contribution >= 4 is 11.8 Å². The first-order valence-electron chi connectivity index (χ1n) is 9.89. The highest BCUT2D eigenvalue weighted by atomic mass is 16.5. The zero-order valence-electron chi connectivity index (χ0n) is 16.3. The molecule has 1 rings (SSSR count). The first-order valence-corrected chi connectivity index (χ1v) is 9.89. The van der Waals surface area contributed by atoms with Crippen LogP contribution in [0.4, 0.5) is 0 Å². The Morgan fingerprint density at radius 1 is 1.26 bits per heavy atom. The van der Waals surface area contributed by atoms with Gasteiger partial charge in [-0.1, -0.05) is 37.1 Å². The SMILES string of the molecule is COC(=O)CCCC=CC[C@H]1C(=O)C[C@@H](O)[C@@H]1C=C[C@@H](O)CCCCCO. The number of hydrogen-bond donors (Lipinski definition) is 3. The number of ketones is 1. The fraction of sp³-hybridized carbons (Fsp3) is 0.714. The van der Waals surface area contributed by atoms with Gasteiger partial charge in [-0.3, -0.25) is 9.59 Å².